The molecule has 0 fully saturated rings. The van der Waals surface area contributed by atoms with E-state index in [1.165, 1.54) is 16.2 Å². The second kappa shape index (κ2) is 8.58. The fourth-order valence-electron chi connectivity index (χ4n) is 2.24. The Morgan fingerprint density at radius 3 is 2.28 bits per heavy atom. The van der Waals surface area contributed by atoms with Crippen LogP contribution in [0.25, 0.3) is 0 Å². The fourth-order valence-corrected chi connectivity index (χ4v) is 3.07. The molecule has 0 aliphatic rings. The van der Waals surface area contributed by atoms with Gasteiger partial charge in [0.05, 0.1) is 11.3 Å². The number of hydrogen-bond donors (Lipinski definition) is 0. The quantitative estimate of drug-likeness (QED) is 0.561. The second-order valence-electron chi connectivity index (χ2n) is 5.85. The van der Waals surface area contributed by atoms with Crippen molar-refractivity contribution in [2.75, 3.05) is 14.1 Å². The predicted molar refractivity (Wildman–Crippen MR) is 96.6 cm³/mol. The number of ether oxygens (including phenoxy) is 1. The molecule has 1 aromatic carbocycles. The lowest BCUT2D eigenvalue weighted by Crippen LogP contribution is -2.31. The molecule has 1 heterocycles. The van der Waals surface area contributed by atoms with Crippen molar-refractivity contribution < 1.29 is 19.1 Å². The maximum Gasteiger partial charge on any atom is 0.307 e. The zero-order valence-corrected chi connectivity index (χ0v) is 15.3. The average Bonchev–Trinajstić information content (AvgIpc) is 3.04. The van der Waals surface area contributed by atoms with Gasteiger partial charge < -0.3 is 9.64 Å². The molecule has 1 unspecified atom stereocenters. The van der Waals surface area contributed by atoms with Crippen molar-refractivity contribution in [1.82, 2.24) is 4.90 Å². The van der Waals surface area contributed by atoms with E-state index in [1.54, 1.807) is 44.4 Å². The van der Waals surface area contributed by atoms with Crippen molar-refractivity contribution in [2.45, 2.75) is 25.9 Å². The zero-order chi connectivity index (χ0) is 18.4. The average molecular weight is 359 g/mol. The van der Waals surface area contributed by atoms with Crippen LogP contribution >= 0.6 is 11.3 Å². The van der Waals surface area contributed by atoms with E-state index in [-0.39, 0.29) is 24.5 Å². The lowest BCUT2D eigenvalue weighted by atomic mass is 10.1. The highest BCUT2D eigenvalue weighted by Crippen LogP contribution is 2.21. The number of carbonyl (C=O) groups is 3. The lowest BCUT2D eigenvalue weighted by Gasteiger charge is -2.21. The van der Waals surface area contributed by atoms with Gasteiger partial charge in [0.15, 0.2) is 5.78 Å². The largest absolute Gasteiger partial charge is 0.447 e. The first kappa shape index (κ1) is 18.9. The van der Waals surface area contributed by atoms with Gasteiger partial charge in [-0.3, -0.25) is 14.4 Å². The SMILES string of the molecule is Cc1ccc(C(=O)CCC(=O)OC(C(=O)N(C)C)c2ccccc2)s1. The molecule has 1 amide bonds. The Kier molecular flexibility index (Phi) is 6.47. The molecule has 0 N–H and O–H groups in total. The number of carbonyl (C=O) groups excluding carboxylic acids is 3. The number of ketones is 1. The van der Waals surface area contributed by atoms with Crippen molar-refractivity contribution >= 4 is 29.0 Å². The number of amides is 1. The second-order valence-corrected chi connectivity index (χ2v) is 7.13. The highest BCUT2D eigenvalue weighted by Gasteiger charge is 2.26. The summed E-state index contributed by atoms with van der Waals surface area (Å²) in [6.07, 6.45) is -0.987. The molecule has 0 saturated carbocycles. The van der Waals surface area contributed by atoms with Crippen LogP contribution in [0.4, 0.5) is 0 Å². The molecular weight excluding hydrogens is 338 g/mol. The number of hydrogen-bond acceptors (Lipinski definition) is 5. The van der Waals surface area contributed by atoms with E-state index in [9.17, 15) is 14.4 Å². The molecule has 6 heteroatoms. The fraction of sp³-hybridized carbons (Fsp3) is 0.316. The molecule has 1 aromatic heterocycles. The zero-order valence-electron chi connectivity index (χ0n) is 14.5. The summed E-state index contributed by atoms with van der Waals surface area (Å²) in [7, 11) is 3.21. The van der Waals surface area contributed by atoms with E-state index >= 15 is 0 Å². The Morgan fingerprint density at radius 2 is 1.72 bits per heavy atom. The topological polar surface area (TPSA) is 63.7 Å². The van der Waals surface area contributed by atoms with Gasteiger partial charge in [-0.1, -0.05) is 30.3 Å². The number of thiophene rings is 1. The van der Waals surface area contributed by atoms with Gasteiger partial charge in [0, 0.05) is 31.0 Å². The number of rotatable bonds is 7. The molecule has 0 saturated heterocycles. The van der Waals surface area contributed by atoms with Gasteiger partial charge in [0.2, 0.25) is 6.10 Å². The van der Waals surface area contributed by atoms with Gasteiger partial charge in [-0.2, -0.15) is 0 Å². The van der Waals surface area contributed by atoms with Crippen LogP contribution in [0, 0.1) is 6.92 Å². The summed E-state index contributed by atoms with van der Waals surface area (Å²) in [6, 6.07) is 12.5. The van der Waals surface area contributed by atoms with E-state index in [1.807, 2.05) is 19.1 Å². The van der Waals surface area contributed by atoms with Crippen LogP contribution in [0.2, 0.25) is 0 Å². The summed E-state index contributed by atoms with van der Waals surface area (Å²) in [5.41, 5.74) is 0.606. The van der Waals surface area contributed by atoms with Crippen LogP contribution < -0.4 is 0 Å². The third-order valence-electron chi connectivity index (χ3n) is 3.59. The molecule has 2 rings (SSSR count). The first-order valence-electron chi connectivity index (χ1n) is 7.93. The van der Waals surface area contributed by atoms with Gasteiger partial charge in [0.1, 0.15) is 0 Å². The molecule has 2 aromatic rings. The van der Waals surface area contributed by atoms with Crippen molar-refractivity contribution in [3.05, 3.63) is 57.8 Å². The number of benzene rings is 1. The van der Waals surface area contributed by atoms with Crippen LogP contribution in [0.3, 0.4) is 0 Å². The summed E-state index contributed by atoms with van der Waals surface area (Å²) in [6.45, 7) is 1.92. The molecule has 25 heavy (non-hydrogen) atoms. The van der Waals surface area contributed by atoms with Crippen molar-refractivity contribution in [2.24, 2.45) is 0 Å². The standard InChI is InChI=1S/C19H21NO4S/c1-13-9-11-16(25-13)15(21)10-12-17(22)24-18(19(23)20(2)3)14-7-5-4-6-8-14/h4-9,11,18H,10,12H2,1-3H3. The monoisotopic (exact) mass is 359 g/mol. The summed E-state index contributed by atoms with van der Waals surface area (Å²) in [5, 5.41) is 0. The molecule has 0 aliphatic heterocycles. The molecule has 0 radical (unpaired) electrons. The van der Waals surface area contributed by atoms with Crippen LogP contribution in [0.5, 0.6) is 0 Å². The highest BCUT2D eigenvalue weighted by molar-refractivity contribution is 7.14. The molecule has 132 valence electrons. The summed E-state index contributed by atoms with van der Waals surface area (Å²) in [5.74, 6) is -0.976. The van der Waals surface area contributed by atoms with Crippen LogP contribution in [-0.4, -0.2) is 36.7 Å². The van der Waals surface area contributed by atoms with Crippen molar-refractivity contribution in [3.8, 4) is 0 Å². The molecule has 1 atom stereocenters. The third-order valence-corrected chi connectivity index (χ3v) is 4.63. The molecule has 0 aliphatic carbocycles. The van der Waals surface area contributed by atoms with E-state index in [0.717, 1.165) is 4.88 Å². The maximum absolute atomic E-state index is 12.3. The molecule has 0 spiro atoms. The Bertz CT molecular complexity index is 752. The molecule has 5 nitrogen and oxygen atoms in total. The predicted octanol–water partition coefficient (Wildman–Crippen LogP) is 3.39. The summed E-state index contributed by atoms with van der Waals surface area (Å²) >= 11 is 1.40. The number of Topliss-reactive ketones (excluding diaryl/α,β-unsaturated/α-hetero) is 1. The lowest BCUT2D eigenvalue weighted by molar-refractivity contribution is -0.159. The van der Waals surface area contributed by atoms with E-state index < -0.39 is 12.1 Å². The number of nitrogens with zero attached hydrogens (tertiary/aromatic N) is 1. The normalized spacial score (nSPS) is 11.6. The van der Waals surface area contributed by atoms with Crippen LogP contribution in [0.1, 0.15) is 39.1 Å². The van der Waals surface area contributed by atoms with Gasteiger partial charge in [-0.25, -0.2) is 0 Å². The van der Waals surface area contributed by atoms with Crippen LogP contribution in [0.15, 0.2) is 42.5 Å². The highest BCUT2D eigenvalue weighted by atomic mass is 32.1. The minimum Gasteiger partial charge on any atom is -0.447 e. The molecular formula is C19H21NO4S. The van der Waals surface area contributed by atoms with E-state index in [2.05, 4.69) is 0 Å². The number of aryl methyl sites for hydroxylation is 1. The Hall–Kier alpha value is -2.47. The van der Waals surface area contributed by atoms with Crippen molar-refractivity contribution in [1.29, 1.82) is 0 Å². The van der Waals surface area contributed by atoms with Crippen LogP contribution in [-0.2, 0) is 14.3 Å². The van der Waals surface area contributed by atoms with Crippen molar-refractivity contribution in [3.63, 3.8) is 0 Å². The third kappa shape index (κ3) is 5.26. The van der Waals surface area contributed by atoms with Gasteiger partial charge in [-0.05, 0) is 19.1 Å². The Morgan fingerprint density at radius 1 is 1.04 bits per heavy atom. The van der Waals surface area contributed by atoms with Gasteiger partial charge >= 0.3 is 5.97 Å². The van der Waals surface area contributed by atoms with E-state index in [4.69, 9.17) is 4.74 Å². The first-order chi connectivity index (χ1) is 11.9. The smallest absolute Gasteiger partial charge is 0.307 e. The van der Waals surface area contributed by atoms with Gasteiger partial charge in [-0.15, -0.1) is 11.3 Å². The Balaban J connectivity index is 1.99. The minimum absolute atomic E-state index is 0.0557. The first-order valence-corrected chi connectivity index (χ1v) is 8.75. The number of likely N-dealkylation sites (N-methyl/N-ethyl adjacent to an activating group) is 1. The summed E-state index contributed by atoms with van der Waals surface area (Å²) in [4.78, 5) is 39.6. The number of esters is 1. The molecule has 0 bridgehead atoms. The van der Waals surface area contributed by atoms with Gasteiger partial charge in [0.25, 0.3) is 5.91 Å². The van der Waals surface area contributed by atoms with E-state index in [0.29, 0.717) is 10.4 Å². The summed E-state index contributed by atoms with van der Waals surface area (Å²) < 4.78 is 5.37. The maximum atomic E-state index is 12.3. The Labute approximate surface area is 151 Å². The minimum atomic E-state index is -0.997.